The number of nitrogens with two attached hydrogens (primary N) is 1. The molecule has 2 aromatic rings. The summed E-state index contributed by atoms with van der Waals surface area (Å²) in [6, 6.07) is 10.6. The van der Waals surface area contributed by atoms with Crippen LogP contribution >= 0.6 is 11.3 Å². The van der Waals surface area contributed by atoms with Crippen molar-refractivity contribution in [1.29, 1.82) is 0 Å². The zero-order valence-electron chi connectivity index (χ0n) is 17.2. The second-order valence-electron chi connectivity index (χ2n) is 8.60. The molecule has 2 N–H and O–H groups in total. The van der Waals surface area contributed by atoms with Crippen LogP contribution in [-0.4, -0.2) is 48.1 Å². The van der Waals surface area contributed by atoms with Gasteiger partial charge in [-0.2, -0.15) is 0 Å². The molecule has 1 amide bonds. The number of benzene rings is 1. The van der Waals surface area contributed by atoms with Gasteiger partial charge in [0.05, 0.1) is 10.6 Å². The van der Waals surface area contributed by atoms with Crippen molar-refractivity contribution in [1.82, 2.24) is 4.90 Å². The van der Waals surface area contributed by atoms with E-state index in [1.165, 1.54) is 11.3 Å². The average molecular weight is 413 g/mol. The van der Waals surface area contributed by atoms with Crippen LogP contribution in [0.5, 0.6) is 0 Å². The molecule has 1 aromatic carbocycles. The summed E-state index contributed by atoms with van der Waals surface area (Å²) in [4.78, 5) is 22.2. The lowest BCUT2D eigenvalue weighted by Gasteiger charge is -2.28. The summed E-state index contributed by atoms with van der Waals surface area (Å²) in [5, 5.41) is 2.00. The van der Waals surface area contributed by atoms with Gasteiger partial charge in [-0.25, -0.2) is 9.79 Å². The summed E-state index contributed by atoms with van der Waals surface area (Å²) >= 11 is 1.59. The highest BCUT2D eigenvalue weighted by Crippen LogP contribution is 2.35. The van der Waals surface area contributed by atoms with Gasteiger partial charge < -0.3 is 20.3 Å². The van der Waals surface area contributed by atoms with E-state index in [1.54, 1.807) is 11.3 Å². The minimum absolute atomic E-state index is 0.221. The number of anilines is 1. The Morgan fingerprint density at radius 2 is 2.10 bits per heavy atom. The molecule has 29 heavy (non-hydrogen) atoms. The molecule has 1 atom stereocenters. The largest absolute Gasteiger partial charge is 0.444 e. The molecule has 1 unspecified atom stereocenters. The molecule has 1 aromatic heterocycles. The van der Waals surface area contributed by atoms with Crippen molar-refractivity contribution in [3.05, 3.63) is 46.2 Å². The third-order valence-corrected chi connectivity index (χ3v) is 6.17. The van der Waals surface area contributed by atoms with E-state index in [-0.39, 0.29) is 6.09 Å². The van der Waals surface area contributed by atoms with Crippen LogP contribution in [0.3, 0.4) is 0 Å². The molecule has 154 valence electrons. The maximum absolute atomic E-state index is 12.4. The number of hydrogen-bond acceptors (Lipinski definition) is 5. The zero-order valence-corrected chi connectivity index (χ0v) is 18.0. The highest BCUT2D eigenvalue weighted by atomic mass is 32.1. The minimum Gasteiger partial charge on any atom is -0.444 e. The normalized spacial score (nSPS) is 19.6. The van der Waals surface area contributed by atoms with Crippen LogP contribution < -0.4 is 10.6 Å². The van der Waals surface area contributed by atoms with Crippen LogP contribution in [0.25, 0.3) is 0 Å². The first kappa shape index (κ1) is 19.8. The first-order chi connectivity index (χ1) is 13.8. The first-order valence-corrected chi connectivity index (χ1v) is 10.9. The van der Waals surface area contributed by atoms with Crippen LogP contribution in [-0.2, 0) is 11.2 Å². The minimum atomic E-state index is -0.467. The Labute approximate surface area is 176 Å². The van der Waals surface area contributed by atoms with Crippen LogP contribution in [0.15, 0.2) is 40.7 Å². The molecule has 2 aliphatic rings. The Morgan fingerprint density at radius 1 is 1.28 bits per heavy atom. The van der Waals surface area contributed by atoms with Crippen LogP contribution in [0.2, 0.25) is 0 Å². The molecule has 0 aliphatic carbocycles. The lowest BCUT2D eigenvalue weighted by atomic mass is 10.1. The molecule has 4 rings (SSSR count). The monoisotopic (exact) mass is 412 g/mol. The molecule has 6 nitrogen and oxygen atoms in total. The number of thiophene rings is 1. The maximum Gasteiger partial charge on any atom is 0.410 e. The van der Waals surface area contributed by atoms with Crippen LogP contribution in [0, 0.1) is 0 Å². The van der Waals surface area contributed by atoms with Gasteiger partial charge in [0.15, 0.2) is 0 Å². The van der Waals surface area contributed by atoms with Gasteiger partial charge in [0, 0.05) is 31.4 Å². The Kier molecular flexibility index (Phi) is 5.25. The first-order valence-electron chi connectivity index (χ1n) is 10.1. The van der Waals surface area contributed by atoms with E-state index < -0.39 is 5.60 Å². The van der Waals surface area contributed by atoms with Crippen LogP contribution in [0.4, 0.5) is 16.2 Å². The van der Waals surface area contributed by atoms with Crippen molar-refractivity contribution < 1.29 is 9.53 Å². The summed E-state index contributed by atoms with van der Waals surface area (Å²) in [6.45, 7) is 8.10. The van der Waals surface area contributed by atoms with E-state index in [1.807, 2.05) is 49.3 Å². The van der Waals surface area contributed by atoms with Crippen molar-refractivity contribution in [2.24, 2.45) is 10.7 Å². The molecular weight excluding hydrogens is 384 g/mol. The SMILES string of the molecule is CC(C)(C)OC(=O)N1CCC(N2CCc3ccc(N=C(N)c4cccs4)cc32)C1. The van der Waals surface area contributed by atoms with Gasteiger partial charge in [-0.1, -0.05) is 12.1 Å². The van der Waals surface area contributed by atoms with Crippen molar-refractivity contribution in [2.45, 2.75) is 45.3 Å². The second-order valence-corrected chi connectivity index (χ2v) is 9.55. The van der Waals surface area contributed by atoms with Gasteiger partial charge in [0.2, 0.25) is 0 Å². The van der Waals surface area contributed by atoms with Gasteiger partial charge in [-0.3, -0.25) is 0 Å². The zero-order chi connectivity index (χ0) is 20.6. The number of carbonyl (C=O) groups is 1. The Morgan fingerprint density at radius 3 is 2.83 bits per heavy atom. The summed E-state index contributed by atoms with van der Waals surface area (Å²) in [5.74, 6) is 0.543. The number of rotatable bonds is 3. The smallest absolute Gasteiger partial charge is 0.410 e. The standard InChI is InChI=1S/C22H28N4O2S/c1-22(2,3)28-21(27)25-10-9-17(14-25)26-11-8-15-6-7-16(13-18(15)26)24-20(23)19-5-4-12-29-19/h4-7,12-13,17H,8-11,14H2,1-3H3,(H2,23,24). The van der Waals surface area contributed by atoms with Gasteiger partial charge in [-0.15, -0.1) is 11.3 Å². The fourth-order valence-electron chi connectivity index (χ4n) is 3.95. The lowest BCUT2D eigenvalue weighted by molar-refractivity contribution is 0.0292. The summed E-state index contributed by atoms with van der Waals surface area (Å²) in [7, 11) is 0. The van der Waals surface area contributed by atoms with E-state index in [2.05, 4.69) is 22.0 Å². The molecule has 2 aliphatic heterocycles. The Hall–Kier alpha value is -2.54. The number of amidine groups is 1. The van der Waals surface area contributed by atoms with Gasteiger partial charge >= 0.3 is 6.09 Å². The quantitative estimate of drug-likeness (QED) is 0.607. The Bertz CT molecular complexity index is 917. The molecule has 0 bridgehead atoms. The number of ether oxygens (including phenoxy) is 1. The number of hydrogen-bond donors (Lipinski definition) is 1. The molecule has 7 heteroatoms. The number of amides is 1. The van der Waals surface area contributed by atoms with Crippen LogP contribution in [0.1, 0.15) is 37.6 Å². The van der Waals surface area contributed by atoms with Crippen molar-refractivity contribution in [2.75, 3.05) is 24.5 Å². The third-order valence-electron chi connectivity index (χ3n) is 5.28. The number of carbonyl (C=O) groups excluding carboxylic acids is 1. The number of likely N-dealkylation sites (tertiary alicyclic amines) is 1. The molecule has 3 heterocycles. The topological polar surface area (TPSA) is 71.2 Å². The summed E-state index contributed by atoms with van der Waals surface area (Å²) < 4.78 is 5.54. The van der Waals surface area contributed by atoms with E-state index >= 15 is 0 Å². The van der Waals surface area contributed by atoms with Crippen molar-refractivity contribution >= 4 is 34.6 Å². The maximum atomic E-state index is 12.4. The molecule has 0 spiro atoms. The molecule has 1 fully saturated rings. The third kappa shape index (κ3) is 4.40. The number of aliphatic imine (C=N–C) groups is 1. The Balaban J connectivity index is 1.49. The highest BCUT2D eigenvalue weighted by Gasteiger charge is 2.35. The fourth-order valence-corrected chi connectivity index (χ4v) is 4.58. The predicted molar refractivity (Wildman–Crippen MR) is 118 cm³/mol. The fraction of sp³-hybridized carbons (Fsp3) is 0.455. The summed E-state index contributed by atoms with van der Waals surface area (Å²) in [5.41, 5.74) is 9.10. The van der Waals surface area contributed by atoms with E-state index in [9.17, 15) is 4.79 Å². The van der Waals surface area contributed by atoms with Gasteiger partial charge in [0.1, 0.15) is 11.4 Å². The number of fused-ring (bicyclic) bond motifs is 1. The van der Waals surface area contributed by atoms with Crippen molar-refractivity contribution in [3.63, 3.8) is 0 Å². The number of nitrogens with zero attached hydrogens (tertiary/aromatic N) is 3. The lowest BCUT2D eigenvalue weighted by Crippen LogP contribution is -2.40. The van der Waals surface area contributed by atoms with E-state index in [0.29, 0.717) is 18.4 Å². The second kappa shape index (κ2) is 7.71. The molecular formula is C22H28N4O2S. The van der Waals surface area contributed by atoms with E-state index in [0.717, 1.165) is 36.5 Å². The highest BCUT2D eigenvalue weighted by molar-refractivity contribution is 7.12. The van der Waals surface area contributed by atoms with Gasteiger partial charge in [-0.05, 0) is 62.8 Å². The molecule has 0 radical (unpaired) electrons. The molecule has 1 saturated heterocycles. The van der Waals surface area contributed by atoms with Crippen molar-refractivity contribution in [3.8, 4) is 0 Å². The van der Waals surface area contributed by atoms with Gasteiger partial charge in [0.25, 0.3) is 0 Å². The van der Waals surface area contributed by atoms with E-state index in [4.69, 9.17) is 10.5 Å². The summed E-state index contributed by atoms with van der Waals surface area (Å²) in [6.07, 6.45) is 1.74. The average Bonchev–Trinajstić information content (AvgIpc) is 3.39. The molecule has 0 saturated carbocycles. The predicted octanol–water partition coefficient (Wildman–Crippen LogP) is 4.16.